The molecule has 3 aromatic carbocycles. The van der Waals surface area contributed by atoms with Crippen molar-refractivity contribution in [1.82, 2.24) is 0 Å². The highest BCUT2D eigenvalue weighted by molar-refractivity contribution is 6.30. The SMILES string of the molecule is Cc1cc2ccccc2c(-c2ccc(Cl)cc2)c1[C@H](O)COC(=O)C(C)(C)C. The van der Waals surface area contributed by atoms with Crippen LogP contribution < -0.4 is 0 Å². The van der Waals surface area contributed by atoms with E-state index in [1.54, 1.807) is 20.8 Å². The summed E-state index contributed by atoms with van der Waals surface area (Å²) in [6, 6.07) is 17.7. The number of hydrogen-bond donors (Lipinski definition) is 1. The Morgan fingerprint density at radius 2 is 1.75 bits per heavy atom. The van der Waals surface area contributed by atoms with E-state index in [2.05, 4.69) is 12.1 Å². The van der Waals surface area contributed by atoms with Crippen molar-refractivity contribution >= 4 is 28.3 Å². The van der Waals surface area contributed by atoms with Crippen LogP contribution in [0.3, 0.4) is 0 Å². The highest BCUT2D eigenvalue weighted by Crippen LogP contribution is 2.38. The van der Waals surface area contributed by atoms with Gasteiger partial charge in [-0.15, -0.1) is 0 Å². The average Bonchev–Trinajstić information content (AvgIpc) is 2.64. The number of esters is 1. The summed E-state index contributed by atoms with van der Waals surface area (Å²) in [6.07, 6.45) is -0.929. The van der Waals surface area contributed by atoms with Crippen molar-refractivity contribution < 1.29 is 14.6 Å². The Kier molecular flexibility index (Phi) is 5.78. The van der Waals surface area contributed by atoms with Gasteiger partial charge in [-0.05, 0) is 72.9 Å². The van der Waals surface area contributed by atoms with Gasteiger partial charge in [0.15, 0.2) is 0 Å². The van der Waals surface area contributed by atoms with Gasteiger partial charge in [0.25, 0.3) is 0 Å². The molecule has 0 unspecified atom stereocenters. The van der Waals surface area contributed by atoms with E-state index in [0.717, 1.165) is 33.0 Å². The Hall–Kier alpha value is -2.36. The fraction of sp³-hybridized carbons (Fsp3) is 0.292. The summed E-state index contributed by atoms with van der Waals surface area (Å²) >= 11 is 6.07. The summed E-state index contributed by atoms with van der Waals surface area (Å²) in [5.74, 6) is -0.335. The topological polar surface area (TPSA) is 46.5 Å². The van der Waals surface area contributed by atoms with E-state index in [0.29, 0.717) is 5.02 Å². The number of aliphatic hydroxyl groups is 1. The Bertz CT molecular complexity index is 1000. The maximum atomic E-state index is 12.1. The predicted octanol–water partition coefficient (Wildman–Crippen LogP) is 6.09. The van der Waals surface area contributed by atoms with Gasteiger partial charge >= 0.3 is 5.97 Å². The van der Waals surface area contributed by atoms with Crippen LogP contribution in [0.25, 0.3) is 21.9 Å². The number of benzene rings is 3. The molecule has 146 valence electrons. The van der Waals surface area contributed by atoms with Crippen LogP contribution in [-0.4, -0.2) is 17.7 Å². The first-order chi connectivity index (χ1) is 13.2. The molecule has 1 atom stereocenters. The molecule has 28 heavy (non-hydrogen) atoms. The number of hydrogen-bond acceptors (Lipinski definition) is 3. The van der Waals surface area contributed by atoms with Crippen LogP contribution in [-0.2, 0) is 9.53 Å². The second-order valence-electron chi connectivity index (χ2n) is 8.07. The number of ether oxygens (including phenoxy) is 1. The van der Waals surface area contributed by atoms with E-state index >= 15 is 0 Å². The summed E-state index contributed by atoms with van der Waals surface area (Å²) in [6.45, 7) is 7.26. The molecule has 0 aliphatic rings. The van der Waals surface area contributed by atoms with Gasteiger partial charge in [0, 0.05) is 5.02 Å². The summed E-state index contributed by atoms with van der Waals surface area (Å²) in [4.78, 5) is 12.1. The van der Waals surface area contributed by atoms with Crippen molar-refractivity contribution in [2.45, 2.75) is 33.8 Å². The molecule has 0 fully saturated rings. The van der Waals surface area contributed by atoms with Gasteiger partial charge in [-0.1, -0.05) is 54.1 Å². The van der Waals surface area contributed by atoms with E-state index in [-0.39, 0.29) is 12.6 Å². The van der Waals surface area contributed by atoms with E-state index in [1.165, 1.54) is 0 Å². The van der Waals surface area contributed by atoms with Gasteiger partial charge in [0.1, 0.15) is 12.7 Å². The first-order valence-corrected chi connectivity index (χ1v) is 9.70. The first kappa shape index (κ1) is 20.4. The summed E-state index contributed by atoms with van der Waals surface area (Å²) < 4.78 is 5.39. The minimum atomic E-state index is -0.929. The highest BCUT2D eigenvalue weighted by Gasteiger charge is 2.26. The van der Waals surface area contributed by atoms with Crippen LogP contribution in [0.5, 0.6) is 0 Å². The molecule has 0 saturated heterocycles. The predicted molar refractivity (Wildman–Crippen MR) is 115 cm³/mol. The average molecular weight is 397 g/mol. The second-order valence-corrected chi connectivity index (χ2v) is 8.51. The fourth-order valence-corrected chi connectivity index (χ4v) is 3.44. The molecule has 3 rings (SSSR count). The fourth-order valence-electron chi connectivity index (χ4n) is 3.32. The van der Waals surface area contributed by atoms with Gasteiger partial charge in [-0.3, -0.25) is 4.79 Å². The largest absolute Gasteiger partial charge is 0.462 e. The van der Waals surface area contributed by atoms with Gasteiger partial charge in [0.2, 0.25) is 0 Å². The lowest BCUT2D eigenvalue weighted by molar-refractivity contribution is -0.156. The van der Waals surface area contributed by atoms with Crippen molar-refractivity contribution in [1.29, 1.82) is 0 Å². The third-order valence-corrected chi connectivity index (χ3v) is 5.00. The molecule has 3 nitrogen and oxygen atoms in total. The van der Waals surface area contributed by atoms with Crippen LogP contribution in [0.4, 0.5) is 0 Å². The third-order valence-electron chi connectivity index (χ3n) is 4.75. The number of aliphatic hydroxyl groups excluding tert-OH is 1. The summed E-state index contributed by atoms with van der Waals surface area (Å²) in [7, 11) is 0. The van der Waals surface area contributed by atoms with Crippen molar-refractivity contribution in [3.05, 3.63) is 70.7 Å². The summed E-state index contributed by atoms with van der Waals surface area (Å²) in [5.41, 5.74) is 3.00. The number of halogens is 1. The Balaban J connectivity index is 2.10. The Morgan fingerprint density at radius 3 is 2.39 bits per heavy atom. The molecule has 1 N–H and O–H groups in total. The zero-order chi connectivity index (χ0) is 20.5. The van der Waals surface area contributed by atoms with Crippen LogP contribution in [0.2, 0.25) is 5.02 Å². The number of rotatable bonds is 4. The monoisotopic (exact) mass is 396 g/mol. The molecular formula is C24H25ClO3. The van der Waals surface area contributed by atoms with E-state index in [9.17, 15) is 9.90 Å². The van der Waals surface area contributed by atoms with Crippen molar-refractivity contribution in [2.24, 2.45) is 5.41 Å². The Morgan fingerprint density at radius 1 is 1.11 bits per heavy atom. The van der Waals surface area contributed by atoms with Gasteiger partial charge in [-0.2, -0.15) is 0 Å². The molecule has 0 amide bonds. The quantitative estimate of drug-likeness (QED) is 0.542. The molecule has 4 heteroatoms. The van der Waals surface area contributed by atoms with Crippen molar-refractivity contribution in [2.75, 3.05) is 6.61 Å². The molecule has 0 aliphatic heterocycles. The zero-order valence-corrected chi connectivity index (χ0v) is 17.4. The lowest BCUT2D eigenvalue weighted by Gasteiger charge is -2.23. The molecule has 0 saturated carbocycles. The molecule has 3 aromatic rings. The molecule has 0 bridgehead atoms. The third kappa shape index (κ3) is 4.21. The van der Waals surface area contributed by atoms with E-state index in [4.69, 9.17) is 16.3 Å². The first-order valence-electron chi connectivity index (χ1n) is 9.32. The number of carbonyl (C=O) groups is 1. The van der Waals surface area contributed by atoms with Gasteiger partial charge < -0.3 is 9.84 Å². The standard InChI is InChI=1S/C24H25ClO3/c1-15-13-17-7-5-6-8-19(17)22(16-9-11-18(25)12-10-16)21(15)20(26)14-28-23(27)24(2,3)4/h5-13,20,26H,14H2,1-4H3/t20-/m1/s1. The normalized spacial score (nSPS) is 12.8. The van der Waals surface area contributed by atoms with Crippen molar-refractivity contribution in [3.8, 4) is 11.1 Å². The molecule has 0 spiro atoms. The van der Waals surface area contributed by atoms with Gasteiger partial charge in [-0.25, -0.2) is 0 Å². The van der Waals surface area contributed by atoms with Crippen LogP contribution in [0.1, 0.15) is 38.0 Å². The maximum Gasteiger partial charge on any atom is 0.311 e. The zero-order valence-electron chi connectivity index (χ0n) is 16.6. The van der Waals surface area contributed by atoms with E-state index < -0.39 is 11.5 Å². The molecule has 0 aromatic heterocycles. The molecular weight excluding hydrogens is 372 g/mol. The van der Waals surface area contributed by atoms with E-state index in [1.807, 2.05) is 49.4 Å². The lowest BCUT2D eigenvalue weighted by Crippen LogP contribution is -2.25. The number of fused-ring (bicyclic) bond motifs is 1. The van der Waals surface area contributed by atoms with Crippen LogP contribution >= 0.6 is 11.6 Å². The minimum absolute atomic E-state index is 0.0874. The molecule has 0 radical (unpaired) electrons. The number of carbonyl (C=O) groups excluding carboxylic acids is 1. The minimum Gasteiger partial charge on any atom is -0.462 e. The molecule has 0 aliphatic carbocycles. The van der Waals surface area contributed by atoms with Gasteiger partial charge in [0.05, 0.1) is 5.41 Å². The highest BCUT2D eigenvalue weighted by atomic mass is 35.5. The maximum absolute atomic E-state index is 12.1. The van der Waals surface area contributed by atoms with Crippen LogP contribution in [0, 0.1) is 12.3 Å². The number of aryl methyl sites for hydroxylation is 1. The smallest absolute Gasteiger partial charge is 0.311 e. The second kappa shape index (κ2) is 7.94. The van der Waals surface area contributed by atoms with Crippen molar-refractivity contribution in [3.63, 3.8) is 0 Å². The molecule has 0 heterocycles. The summed E-state index contributed by atoms with van der Waals surface area (Å²) in [5, 5.41) is 13.7. The lowest BCUT2D eigenvalue weighted by atomic mass is 9.87. The van der Waals surface area contributed by atoms with Crippen LogP contribution in [0.15, 0.2) is 54.6 Å². The Labute approximate surface area is 170 Å².